The van der Waals surface area contributed by atoms with Crippen molar-refractivity contribution in [2.24, 2.45) is 0 Å². The highest BCUT2D eigenvalue weighted by Crippen LogP contribution is 2.24. The van der Waals surface area contributed by atoms with Crippen LogP contribution in [-0.4, -0.2) is 42.7 Å². The van der Waals surface area contributed by atoms with Crippen LogP contribution in [-0.2, 0) is 31.3 Å². The fourth-order valence-electron chi connectivity index (χ4n) is 3.36. The maximum absolute atomic E-state index is 12.7. The number of hydrogen-bond acceptors (Lipinski definition) is 6. The summed E-state index contributed by atoms with van der Waals surface area (Å²) in [6.07, 6.45) is 1.65. The van der Waals surface area contributed by atoms with Crippen LogP contribution in [0.15, 0.2) is 77.7 Å². The molecule has 0 bridgehead atoms. The van der Waals surface area contributed by atoms with Gasteiger partial charge >= 0.3 is 0 Å². The summed E-state index contributed by atoms with van der Waals surface area (Å²) in [6, 6.07) is 19.0. The summed E-state index contributed by atoms with van der Waals surface area (Å²) in [5.74, 6) is 0.0361. The zero-order chi connectivity index (χ0) is 25.6. The van der Waals surface area contributed by atoms with Crippen molar-refractivity contribution in [3.63, 3.8) is 0 Å². The van der Waals surface area contributed by atoms with Gasteiger partial charge in [-0.05, 0) is 66.6 Å². The van der Waals surface area contributed by atoms with E-state index in [4.69, 9.17) is 4.74 Å². The molecule has 0 fully saturated rings. The highest BCUT2D eigenvalue weighted by atomic mass is 32.2. The van der Waals surface area contributed by atoms with Gasteiger partial charge in [-0.2, -0.15) is 0 Å². The third kappa shape index (κ3) is 6.74. The molecular weight excluding hydrogens is 490 g/mol. The van der Waals surface area contributed by atoms with Crippen LogP contribution in [0.3, 0.4) is 0 Å². The first-order chi connectivity index (χ1) is 16.5. The lowest BCUT2D eigenvalue weighted by Gasteiger charge is -2.24. The number of aryl methyl sites for hydroxylation is 1. The minimum atomic E-state index is -3.85. The first-order valence-electron chi connectivity index (χ1n) is 10.7. The topological polar surface area (TPSA) is 122 Å². The normalized spacial score (nSPS) is 11.5. The van der Waals surface area contributed by atoms with Crippen molar-refractivity contribution < 1.29 is 26.4 Å². The predicted molar refractivity (Wildman–Crippen MR) is 137 cm³/mol. The van der Waals surface area contributed by atoms with E-state index in [0.29, 0.717) is 29.2 Å². The summed E-state index contributed by atoms with van der Waals surface area (Å²) < 4.78 is 58.7. The second-order valence-corrected chi connectivity index (χ2v) is 11.2. The number of nitrogens with one attached hydrogen (secondary N) is 2. The maximum Gasteiger partial charge on any atom is 0.261 e. The van der Waals surface area contributed by atoms with Crippen LogP contribution in [0, 0.1) is 0 Å². The van der Waals surface area contributed by atoms with Gasteiger partial charge in [-0.3, -0.25) is 13.8 Å². The van der Waals surface area contributed by atoms with Crippen LogP contribution in [0.4, 0.5) is 17.1 Å². The molecule has 0 spiro atoms. The second kappa shape index (κ2) is 10.8. The molecule has 0 saturated carbocycles. The number of para-hydroxylation sites is 1. The van der Waals surface area contributed by atoms with Crippen molar-refractivity contribution in [1.29, 1.82) is 0 Å². The van der Waals surface area contributed by atoms with Gasteiger partial charge in [0.1, 0.15) is 12.3 Å². The molecule has 11 heteroatoms. The van der Waals surface area contributed by atoms with Gasteiger partial charge in [0.2, 0.25) is 15.9 Å². The van der Waals surface area contributed by atoms with E-state index in [1.165, 1.54) is 31.4 Å². The van der Waals surface area contributed by atoms with Crippen LogP contribution < -0.4 is 19.1 Å². The van der Waals surface area contributed by atoms with Gasteiger partial charge in [0.15, 0.2) is 0 Å². The number of carbonyl (C=O) groups is 1. The Morgan fingerprint density at radius 2 is 1.49 bits per heavy atom. The molecule has 0 aliphatic rings. The summed E-state index contributed by atoms with van der Waals surface area (Å²) in [7, 11) is -6.06. The van der Waals surface area contributed by atoms with Gasteiger partial charge in [0.05, 0.1) is 23.9 Å². The molecule has 1 amide bonds. The maximum atomic E-state index is 12.7. The van der Waals surface area contributed by atoms with Gasteiger partial charge in [0, 0.05) is 11.4 Å². The van der Waals surface area contributed by atoms with E-state index in [1.54, 1.807) is 36.4 Å². The average Bonchev–Trinajstić information content (AvgIpc) is 2.82. The van der Waals surface area contributed by atoms with E-state index >= 15 is 0 Å². The van der Waals surface area contributed by atoms with E-state index in [-0.39, 0.29) is 4.90 Å². The van der Waals surface area contributed by atoms with Crippen LogP contribution in [0.2, 0.25) is 0 Å². The Balaban J connectivity index is 1.71. The zero-order valence-corrected chi connectivity index (χ0v) is 21.2. The number of sulfonamides is 2. The Labute approximate surface area is 205 Å². The molecule has 0 heterocycles. The fourth-order valence-corrected chi connectivity index (χ4v) is 5.30. The highest BCUT2D eigenvalue weighted by molar-refractivity contribution is 7.92. The molecular formula is C24H27N3O6S2. The van der Waals surface area contributed by atoms with Crippen molar-refractivity contribution in [3.8, 4) is 5.75 Å². The summed E-state index contributed by atoms with van der Waals surface area (Å²) in [6.45, 7) is 1.48. The largest absolute Gasteiger partial charge is 0.497 e. The number of anilines is 3. The number of carbonyl (C=O) groups excluding carboxylic acids is 1. The first kappa shape index (κ1) is 26.0. The van der Waals surface area contributed by atoms with Gasteiger partial charge < -0.3 is 10.1 Å². The van der Waals surface area contributed by atoms with Crippen molar-refractivity contribution in [1.82, 2.24) is 0 Å². The standard InChI is InChI=1S/C24H27N3O6S2/c1-4-18-7-5-6-8-23(18)27(34(3,29)30)17-24(28)25-19-11-15-22(16-12-19)35(31,32)26-20-9-13-21(33-2)14-10-20/h5-16,26H,4,17H2,1-3H3,(H,25,28). The molecule has 2 N–H and O–H groups in total. The van der Waals surface area contributed by atoms with Crippen molar-refractivity contribution >= 4 is 43.0 Å². The van der Waals surface area contributed by atoms with Gasteiger partial charge in [-0.1, -0.05) is 25.1 Å². The Morgan fingerprint density at radius 1 is 0.886 bits per heavy atom. The molecule has 186 valence electrons. The smallest absolute Gasteiger partial charge is 0.261 e. The molecule has 0 radical (unpaired) electrons. The van der Waals surface area contributed by atoms with E-state index in [9.17, 15) is 21.6 Å². The summed E-state index contributed by atoms with van der Waals surface area (Å²) in [4.78, 5) is 12.7. The molecule has 9 nitrogen and oxygen atoms in total. The summed E-state index contributed by atoms with van der Waals surface area (Å²) in [5.41, 5.74) is 1.94. The minimum Gasteiger partial charge on any atom is -0.497 e. The minimum absolute atomic E-state index is 0.000882. The molecule has 0 aliphatic heterocycles. The van der Waals surface area contributed by atoms with Crippen molar-refractivity contribution in [2.75, 3.05) is 34.3 Å². The number of amides is 1. The van der Waals surface area contributed by atoms with Gasteiger partial charge in [0.25, 0.3) is 10.0 Å². The fraction of sp³-hybridized carbons (Fsp3) is 0.208. The first-order valence-corrected chi connectivity index (χ1v) is 14.0. The summed E-state index contributed by atoms with van der Waals surface area (Å²) in [5, 5.41) is 2.62. The number of hydrogen-bond donors (Lipinski definition) is 2. The quantitative estimate of drug-likeness (QED) is 0.425. The third-order valence-corrected chi connectivity index (χ3v) is 7.64. The van der Waals surface area contributed by atoms with Crippen LogP contribution in [0.25, 0.3) is 0 Å². The number of benzene rings is 3. The van der Waals surface area contributed by atoms with Crippen LogP contribution >= 0.6 is 0 Å². The average molecular weight is 518 g/mol. The van der Waals surface area contributed by atoms with Crippen molar-refractivity contribution in [2.45, 2.75) is 18.2 Å². The Bertz CT molecular complexity index is 1390. The van der Waals surface area contributed by atoms with E-state index in [2.05, 4.69) is 10.0 Å². The summed E-state index contributed by atoms with van der Waals surface area (Å²) >= 11 is 0. The van der Waals surface area contributed by atoms with Gasteiger partial charge in [-0.15, -0.1) is 0 Å². The number of rotatable bonds is 10. The molecule has 0 aliphatic carbocycles. The molecule has 3 aromatic carbocycles. The number of methoxy groups -OCH3 is 1. The molecule has 0 saturated heterocycles. The predicted octanol–water partition coefficient (Wildman–Crippen LogP) is 3.46. The lowest BCUT2D eigenvalue weighted by Crippen LogP contribution is -2.38. The Kier molecular flexibility index (Phi) is 8.03. The lowest BCUT2D eigenvalue weighted by atomic mass is 10.1. The lowest BCUT2D eigenvalue weighted by molar-refractivity contribution is -0.114. The molecule has 0 unspecified atom stereocenters. The highest BCUT2D eigenvalue weighted by Gasteiger charge is 2.23. The SMILES string of the molecule is CCc1ccccc1N(CC(=O)Nc1ccc(S(=O)(=O)Nc2ccc(OC)cc2)cc1)S(C)(=O)=O. The molecule has 3 rings (SSSR count). The van der Waals surface area contributed by atoms with Crippen LogP contribution in [0.5, 0.6) is 5.75 Å². The van der Waals surface area contributed by atoms with E-state index in [1.807, 2.05) is 19.1 Å². The van der Waals surface area contributed by atoms with Gasteiger partial charge in [-0.25, -0.2) is 16.8 Å². The molecule has 3 aromatic rings. The monoisotopic (exact) mass is 517 g/mol. The molecule has 35 heavy (non-hydrogen) atoms. The van der Waals surface area contributed by atoms with Crippen molar-refractivity contribution in [3.05, 3.63) is 78.4 Å². The zero-order valence-electron chi connectivity index (χ0n) is 19.6. The second-order valence-electron chi connectivity index (χ2n) is 7.66. The number of ether oxygens (including phenoxy) is 1. The van der Waals surface area contributed by atoms with E-state index in [0.717, 1.165) is 16.1 Å². The molecule has 0 atom stereocenters. The van der Waals surface area contributed by atoms with E-state index < -0.39 is 32.5 Å². The Morgan fingerprint density at radius 3 is 2.06 bits per heavy atom. The number of nitrogens with zero attached hydrogens (tertiary/aromatic N) is 1. The Hall–Kier alpha value is -3.57. The molecule has 0 aromatic heterocycles. The van der Waals surface area contributed by atoms with Crippen LogP contribution in [0.1, 0.15) is 12.5 Å². The third-order valence-electron chi connectivity index (χ3n) is 5.12.